The van der Waals surface area contributed by atoms with E-state index in [1.807, 2.05) is 6.07 Å². The Morgan fingerprint density at radius 1 is 1.24 bits per heavy atom. The van der Waals surface area contributed by atoms with Crippen molar-refractivity contribution in [3.63, 3.8) is 0 Å². The van der Waals surface area contributed by atoms with Crippen LogP contribution in [0.4, 0.5) is 0 Å². The van der Waals surface area contributed by atoms with Gasteiger partial charge in [-0.3, -0.25) is 4.98 Å². The van der Waals surface area contributed by atoms with Crippen molar-refractivity contribution in [2.24, 2.45) is 5.92 Å². The Morgan fingerprint density at radius 2 is 1.90 bits per heavy atom. The molecule has 0 radical (unpaired) electrons. The first-order valence-electron chi connectivity index (χ1n) is 7.72. The van der Waals surface area contributed by atoms with Gasteiger partial charge >= 0.3 is 0 Å². The Morgan fingerprint density at radius 3 is 2.52 bits per heavy atom. The van der Waals surface area contributed by atoms with Gasteiger partial charge in [0.05, 0.1) is 24.6 Å². The first-order valence-corrected chi connectivity index (χ1v) is 7.72. The number of rotatable bonds is 9. The maximum absolute atomic E-state index is 5.82. The highest BCUT2D eigenvalue weighted by atomic mass is 16.5. The molecule has 0 aliphatic rings. The average Bonchev–Trinajstić information content (AvgIpc) is 2.38. The zero-order chi connectivity index (χ0) is 15.9. The lowest BCUT2D eigenvalue weighted by Gasteiger charge is -2.32. The molecule has 0 unspecified atom stereocenters. The number of hydrogen-bond donors (Lipinski definition) is 1. The maximum atomic E-state index is 5.82. The monoisotopic (exact) mass is 293 g/mol. The lowest BCUT2D eigenvalue weighted by Crippen LogP contribution is -2.42. The summed E-state index contributed by atoms with van der Waals surface area (Å²) in [5.41, 5.74) is 2.10. The molecule has 1 aromatic rings. The molecule has 1 N–H and O–H groups in total. The molecule has 0 amide bonds. The SMILES string of the molecule is CC(C)CNCc1cccc(COCC(C)(C)N(C)C)n1. The van der Waals surface area contributed by atoms with E-state index in [1.54, 1.807) is 0 Å². The molecule has 0 saturated heterocycles. The van der Waals surface area contributed by atoms with Gasteiger partial charge in [0.1, 0.15) is 0 Å². The molecule has 120 valence electrons. The van der Waals surface area contributed by atoms with Gasteiger partial charge < -0.3 is 15.0 Å². The third kappa shape index (κ3) is 7.02. The molecule has 0 saturated carbocycles. The van der Waals surface area contributed by atoms with E-state index >= 15 is 0 Å². The van der Waals surface area contributed by atoms with Gasteiger partial charge in [-0.05, 0) is 52.5 Å². The zero-order valence-corrected chi connectivity index (χ0v) is 14.4. The number of nitrogens with one attached hydrogen (secondary N) is 1. The van der Waals surface area contributed by atoms with Gasteiger partial charge in [0.2, 0.25) is 0 Å². The quantitative estimate of drug-likeness (QED) is 0.759. The summed E-state index contributed by atoms with van der Waals surface area (Å²) in [7, 11) is 4.14. The van der Waals surface area contributed by atoms with E-state index < -0.39 is 0 Å². The average molecular weight is 293 g/mol. The normalized spacial score (nSPS) is 12.4. The summed E-state index contributed by atoms with van der Waals surface area (Å²) in [5, 5.41) is 3.41. The lowest BCUT2D eigenvalue weighted by molar-refractivity contribution is 0.0261. The van der Waals surface area contributed by atoms with Crippen molar-refractivity contribution >= 4 is 0 Å². The molecule has 0 atom stereocenters. The Labute approximate surface area is 129 Å². The largest absolute Gasteiger partial charge is 0.373 e. The van der Waals surface area contributed by atoms with Gasteiger partial charge in [0.25, 0.3) is 0 Å². The van der Waals surface area contributed by atoms with E-state index in [-0.39, 0.29) is 5.54 Å². The fraction of sp³-hybridized carbons (Fsp3) is 0.706. The van der Waals surface area contributed by atoms with Crippen LogP contribution in [0.1, 0.15) is 39.1 Å². The standard InChI is InChI=1S/C17H31N3O/c1-14(2)10-18-11-15-8-7-9-16(19-15)12-21-13-17(3,4)20(5)6/h7-9,14,18H,10-13H2,1-6H3. The predicted molar refractivity (Wildman–Crippen MR) is 88.2 cm³/mol. The fourth-order valence-electron chi connectivity index (χ4n) is 1.73. The van der Waals surface area contributed by atoms with Crippen molar-refractivity contribution < 1.29 is 4.74 Å². The van der Waals surface area contributed by atoms with Crippen LogP contribution in [0.15, 0.2) is 18.2 Å². The van der Waals surface area contributed by atoms with Gasteiger partial charge in [-0.15, -0.1) is 0 Å². The van der Waals surface area contributed by atoms with E-state index in [0.29, 0.717) is 19.1 Å². The minimum absolute atomic E-state index is 0.0381. The van der Waals surface area contributed by atoms with Gasteiger partial charge in [-0.2, -0.15) is 0 Å². The minimum Gasteiger partial charge on any atom is -0.373 e. The summed E-state index contributed by atoms with van der Waals surface area (Å²) in [6.45, 7) is 11.8. The third-order valence-corrected chi connectivity index (χ3v) is 3.64. The Balaban J connectivity index is 2.42. The third-order valence-electron chi connectivity index (χ3n) is 3.64. The Hall–Kier alpha value is -0.970. The molecule has 0 aromatic carbocycles. The first-order chi connectivity index (χ1) is 9.81. The van der Waals surface area contributed by atoms with Crippen molar-refractivity contribution in [1.82, 2.24) is 15.2 Å². The van der Waals surface area contributed by atoms with E-state index in [0.717, 1.165) is 24.5 Å². The molecule has 1 aromatic heterocycles. The van der Waals surface area contributed by atoms with Crippen molar-refractivity contribution in [2.75, 3.05) is 27.2 Å². The smallest absolute Gasteiger partial charge is 0.0888 e. The van der Waals surface area contributed by atoms with Crippen LogP contribution in [-0.2, 0) is 17.9 Å². The highest BCUT2D eigenvalue weighted by molar-refractivity contribution is 5.10. The van der Waals surface area contributed by atoms with Crippen molar-refractivity contribution in [2.45, 2.75) is 46.4 Å². The number of aromatic nitrogens is 1. The van der Waals surface area contributed by atoms with Crippen LogP contribution in [0.25, 0.3) is 0 Å². The topological polar surface area (TPSA) is 37.4 Å². The summed E-state index contributed by atoms with van der Waals surface area (Å²) in [4.78, 5) is 6.81. The lowest BCUT2D eigenvalue weighted by atomic mass is 10.1. The van der Waals surface area contributed by atoms with Crippen LogP contribution in [0.2, 0.25) is 0 Å². The fourth-order valence-corrected chi connectivity index (χ4v) is 1.73. The van der Waals surface area contributed by atoms with E-state index in [4.69, 9.17) is 4.74 Å². The summed E-state index contributed by atoms with van der Waals surface area (Å²) < 4.78 is 5.82. The molecular weight excluding hydrogens is 262 g/mol. The van der Waals surface area contributed by atoms with Gasteiger partial charge in [-0.1, -0.05) is 19.9 Å². The van der Waals surface area contributed by atoms with Crippen LogP contribution in [0.3, 0.4) is 0 Å². The van der Waals surface area contributed by atoms with Crippen molar-refractivity contribution in [3.8, 4) is 0 Å². The van der Waals surface area contributed by atoms with Crippen molar-refractivity contribution in [3.05, 3.63) is 29.6 Å². The van der Waals surface area contributed by atoms with Gasteiger partial charge in [0.15, 0.2) is 0 Å². The highest BCUT2D eigenvalue weighted by Crippen LogP contribution is 2.11. The summed E-state index contributed by atoms with van der Waals surface area (Å²) in [6, 6.07) is 6.13. The molecule has 0 fully saturated rings. The van der Waals surface area contributed by atoms with E-state index in [9.17, 15) is 0 Å². The Kier molecular flexibility index (Phi) is 7.29. The number of ether oxygens (including phenoxy) is 1. The number of likely N-dealkylation sites (N-methyl/N-ethyl adjacent to an activating group) is 1. The second-order valence-electron chi connectivity index (χ2n) is 6.84. The second-order valence-corrected chi connectivity index (χ2v) is 6.84. The molecule has 0 aliphatic carbocycles. The summed E-state index contributed by atoms with van der Waals surface area (Å²) in [6.07, 6.45) is 0. The maximum Gasteiger partial charge on any atom is 0.0888 e. The molecule has 1 heterocycles. The van der Waals surface area contributed by atoms with Crippen LogP contribution < -0.4 is 5.32 Å². The highest BCUT2D eigenvalue weighted by Gasteiger charge is 2.20. The van der Waals surface area contributed by atoms with Crippen LogP contribution in [-0.4, -0.2) is 42.7 Å². The molecule has 0 bridgehead atoms. The van der Waals surface area contributed by atoms with Gasteiger partial charge in [0, 0.05) is 12.1 Å². The first kappa shape index (κ1) is 18.1. The predicted octanol–water partition coefficient (Wildman–Crippen LogP) is 2.68. The molecular formula is C17H31N3O. The van der Waals surface area contributed by atoms with E-state index in [1.165, 1.54) is 0 Å². The molecule has 21 heavy (non-hydrogen) atoms. The number of hydrogen-bond acceptors (Lipinski definition) is 4. The number of pyridine rings is 1. The molecule has 1 rings (SSSR count). The van der Waals surface area contributed by atoms with Crippen LogP contribution in [0.5, 0.6) is 0 Å². The van der Waals surface area contributed by atoms with Gasteiger partial charge in [-0.25, -0.2) is 0 Å². The second kappa shape index (κ2) is 8.47. The molecule has 0 aliphatic heterocycles. The molecule has 4 heteroatoms. The summed E-state index contributed by atoms with van der Waals surface area (Å²) >= 11 is 0. The Bertz CT molecular complexity index is 416. The van der Waals surface area contributed by atoms with Crippen molar-refractivity contribution in [1.29, 1.82) is 0 Å². The summed E-state index contributed by atoms with van der Waals surface area (Å²) in [5.74, 6) is 0.657. The zero-order valence-electron chi connectivity index (χ0n) is 14.4. The minimum atomic E-state index is 0.0381. The molecule has 0 spiro atoms. The van der Waals surface area contributed by atoms with Crippen LogP contribution >= 0.6 is 0 Å². The van der Waals surface area contributed by atoms with Crippen LogP contribution in [0, 0.1) is 5.92 Å². The van der Waals surface area contributed by atoms with E-state index in [2.05, 4.69) is 69.1 Å². The number of nitrogens with zero attached hydrogens (tertiary/aromatic N) is 2. The molecule has 4 nitrogen and oxygen atoms in total.